The van der Waals surface area contributed by atoms with Crippen molar-refractivity contribution in [2.45, 2.75) is 19.3 Å². The third-order valence-electron chi connectivity index (χ3n) is 13.9. The summed E-state index contributed by atoms with van der Waals surface area (Å²) >= 11 is 0. The predicted molar refractivity (Wildman–Crippen MR) is 269 cm³/mol. The highest BCUT2D eigenvalue weighted by molar-refractivity contribution is 5.98. The molecule has 0 unspecified atom stereocenters. The molecule has 310 valence electrons. The minimum atomic E-state index is -0.508. The van der Waals surface area contributed by atoms with Gasteiger partial charge in [-0.3, -0.25) is 0 Å². The minimum Gasteiger partial charge on any atom is -0.457 e. The van der Waals surface area contributed by atoms with Crippen molar-refractivity contribution in [1.29, 1.82) is 0 Å². The zero-order valence-electron chi connectivity index (χ0n) is 36.5. The number of nitrogens with zero attached hydrogens (tertiary/aromatic N) is 3. The van der Waals surface area contributed by atoms with Crippen molar-refractivity contribution in [3.05, 3.63) is 246 Å². The normalized spacial score (nSPS) is 12.9. The van der Waals surface area contributed by atoms with Gasteiger partial charge in [0.15, 0.2) is 17.5 Å². The zero-order valence-corrected chi connectivity index (χ0v) is 36.5. The van der Waals surface area contributed by atoms with E-state index in [0.717, 1.165) is 55.5 Å². The third-order valence-corrected chi connectivity index (χ3v) is 13.9. The molecule has 11 aromatic rings. The van der Waals surface area contributed by atoms with Crippen LogP contribution in [0.4, 0.5) is 0 Å². The van der Waals surface area contributed by atoms with E-state index in [9.17, 15) is 0 Å². The van der Waals surface area contributed by atoms with Crippen molar-refractivity contribution in [3.8, 4) is 79.0 Å². The third kappa shape index (κ3) is 5.75. The van der Waals surface area contributed by atoms with Gasteiger partial charge in [0, 0.05) is 27.8 Å². The first-order chi connectivity index (χ1) is 32.5. The van der Waals surface area contributed by atoms with Gasteiger partial charge in [0.1, 0.15) is 11.5 Å². The fraction of sp³-hybridized carbons (Fsp3) is 0.0484. The van der Waals surface area contributed by atoms with Gasteiger partial charge >= 0.3 is 0 Å². The minimum absolute atomic E-state index is 0.508. The molecule has 0 atom stereocenters. The van der Waals surface area contributed by atoms with Crippen LogP contribution in [0.1, 0.15) is 33.4 Å². The van der Waals surface area contributed by atoms with Gasteiger partial charge in [0.05, 0.1) is 5.41 Å². The van der Waals surface area contributed by atoms with E-state index in [1.54, 1.807) is 0 Å². The molecule has 2 heterocycles. The van der Waals surface area contributed by atoms with Gasteiger partial charge in [-0.25, -0.2) is 15.0 Å². The molecule has 0 radical (unpaired) electrons. The highest BCUT2D eigenvalue weighted by Crippen LogP contribution is 2.63. The Morgan fingerprint density at radius 1 is 0.333 bits per heavy atom. The van der Waals surface area contributed by atoms with Gasteiger partial charge in [0.25, 0.3) is 0 Å². The first kappa shape index (κ1) is 38.0. The van der Waals surface area contributed by atoms with Gasteiger partial charge in [-0.05, 0) is 109 Å². The maximum absolute atomic E-state index is 6.59. The molecule has 66 heavy (non-hydrogen) atoms. The van der Waals surface area contributed by atoms with E-state index in [1.807, 2.05) is 0 Å². The zero-order chi connectivity index (χ0) is 43.9. The SMILES string of the molecule is Cc1cc(-c2cccc3c2-c2ccccc2C32c3ccccc3Oc3ccccc32)ccc1-c1ccc(-c2nc(-c3ccc4ccccc4c3)nc(-c3cccc4ccccc34)n2)c(C)c1. The Morgan fingerprint density at radius 3 is 1.61 bits per heavy atom. The molecule has 2 aliphatic rings. The van der Waals surface area contributed by atoms with Gasteiger partial charge in [-0.15, -0.1) is 0 Å². The fourth-order valence-corrected chi connectivity index (χ4v) is 10.9. The second-order valence-electron chi connectivity index (χ2n) is 17.6. The van der Waals surface area contributed by atoms with Crippen LogP contribution < -0.4 is 4.74 Å². The Bertz CT molecular complexity index is 3740. The highest BCUT2D eigenvalue weighted by Gasteiger charge is 2.51. The van der Waals surface area contributed by atoms with Crippen LogP contribution in [0.25, 0.3) is 89.1 Å². The number of rotatable bonds is 5. The van der Waals surface area contributed by atoms with Crippen LogP contribution in [-0.2, 0) is 5.41 Å². The summed E-state index contributed by atoms with van der Waals surface area (Å²) in [7, 11) is 0. The van der Waals surface area contributed by atoms with Crippen LogP contribution in [0, 0.1) is 13.8 Å². The fourth-order valence-electron chi connectivity index (χ4n) is 10.9. The van der Waals surface area contributed by atoms with E-state index in [-0.39, 0.29) is 0 Å². The number of fused-ring (bicyclic) bond motifs is 11. The van der Waals surface area contributed by atoms with Crippen LogP contribution in [-0.4, -0.2) is 15.0 Å². The van der Waals surface area contributed by atoms with Crippen molar-refractivity contribution < 1.29 is 4.74 Å². The van der Waals surface area contributed by atoms with Crippen molar-refractivity contribution in [2.75, 3.05) is 0 Å². The average Bonchev–Trinajstić information content (AvgIpc) is 3.66. The van der Waals surface area contributed by atoms with E-state index in [4.69, 9.17) is 19.7 Å². The van der Waals surface area contributed by atoms with Crippen LogP contribution in [0.3, 0.4) is 0 Å². The van der Waals surface area contributed by atoms with Gasteiger partial charge in [0.2, 0.25) is 0 Å². The highest BCUT2D eigenvalue weighted by atomic mass is 16.5. The Hall–Kier alpha value is -8.47. The molecule has 4 nitrogen and oxygen atoms in total. The summed E-state index contributed by atoms with van der Waals surface area (Å²) in [4.78, 5) is 15.5. The lowest BCUT2D eigenvalue weighted by molar-refractivity contribution is 0.436. The topological polar surface area (TPSA) is 47.9 Å². The molecule has 1 spiro atoms. The number of ether oxygens (including phenoxy) is 1. The summed E-state index contributed by atoms with van der Waals surface area (Å²) in [5.41, 5.74) is 16.9. The standard InChI is InChI=1S/C62H41N3O/c1-38-35-44(49-21-14-26-55-58(49)51-20-7-8-23-52(51)62(55)53-24-9-11-27-56(53)66-57-28-12-10-25-54(57)62)31-33-46(38)43-32-34-47(39(2)36-43)60-63-59(45-30-29-40-15-3-4-17-42(40)37-45)64-61(65-60)50-22-13-18-41-16-5-6-19-48(41)50/h3-37H,1-2H3. The molecule has 0 saturated carbocycles. The lowest BCUT2D eigenvalue weighted by Crippen LogP contribution is -2.32. The summed E-state index contributed by atoms with van der Waals surface area (Å²) < 4.78 is 6.59. The number of aromatic nitrogens is 3. The predicted octanol–water partition coefficient (Wildman–Crippen LogP) is 15.6. The lowest BCUT2D eigenvalue weighted by Gasteiger charge is -2.39. The first-order valence-electron chi connectivity index (χ1n) is 22.6. The largest absolute Gasteiger partial charge is 0.457 e. The molecule has 0 amide bonds. The number of benzene rings is 10. The van der Waals surface area contributed by atoms with E-state index in [2.05, 4.69) is 226 Å². The smallest absolute Gasteiger partial charge is 0.164 e. The van der Waals surface area contributed by atoms with Gasteiger partial charge in [-0.2, -0.15) is 0 Å². The Labute approximate surface area is 383 Å². The second-order valence-corrected chi connectivity index (χ2v) is 17.6. The van der Waals surface area contributed by atoms with Crippen molar-refractivity contribution in [1.82, 2.24) is 15.0 Å². The number of hydrogen-bond donors (Lipinski definition) is 0. The number of aryl methyl sites for hydroxylation is 2. The molecule has 0 N–H and O–H groups in total. The summed E-state index contributed by atoms with van der Waals surface area (Å²) in [6.45, 7) is 4.39. The molecule has 1 aromatic heterocycles. The molecular weight excluding hydrogens is 803 g/mol. The van der Waals surface area contributed by atoms with E-state index < -0.39 is 5.41 Å². The Morgan fingerprint density at radius 2 is 0.848 bits per heavy atom. The molecule has 4 heteroatoms. The first-order valence-corrected chi connectivity index (χ1v) is 22.6. The molecule has 1 aliphatic carbocycles. The summed E-state index contributed by atoms with van der Waals surface area (Å²) in [6, 6.07) is 76.0. The lowest BCUT2D eigenvalue weighted by atomic mass is 9.66. The molecule has 0 fully saturated rings. The van der Waals surface area contributed by atoms with E-state index in [0.29, 0.717) is 17.5 Å². The maximum atomic E-state index is 6.59. The monoisotopic (exact) mass is 843 g/mol. The van der Waals surface area contributed by atoms with Crippen molar-refractivity contribution in [2.24, 2.45) is 0 Å². The Kier molecular flexibility index (Phi) is 8.53. The van der Waals surface area contributed by atoms with Crippen molar-refractivity contribution in [3.63, 3.8) is 0 Å². The van der Waals surface area contributed by atoms with Gasteiger partial charge < -0.3 is 4.74 Å². The van der Waals surface area contributed by atoms with Crippen LogP contribution in [0.15, 0.2) is 212 Å². The van der Waals surface area contributed by atoms with Gasteiger partial charge in [-0.1, -0.05) is 194 Å². The van der Waals surface area contributed by atoms with E-state index in [1.165, 1.54) is 61.0 Å². The van der Waals surface area contributed by atoms with Crippen LogP contribution in [0.5, 0.6) is 11.5 Å². The van der Waals surface area contributed by atoms with Crippen LogP contribution in [0.2, 0.25) is 0 Å². The quantitative estimate of drug-likeness (QED) is 0.173. The molecule has 0 bridgehead atoms. The summed E-state index contributed by atoms with van der Waals surface area (Å²) in [5, 5.41) is 4.58. The Balaban J connectivity index is 0.910. The number of hydrogen-bond acceptors (Lipinski definition) is 4. The summed E-state index contributed by atoms with van der Waals surface area (Å²) in [5.74, 6) is 3.75. The summed E-state index contributed by atoms with van der Waals surface area (Å²) in [6.07, 6.45) is 0. The molecular formula is C62H41N3O. The molecule has 1 aliphatic heterocycles. The van der Waals surface area contributed by atoms with E-state index >= 15 is 0 Å². The molecule has 13 rings (SSSR count). The second kappa shape index (κ2) is 14.8. The molecule has 10 aromatic carbocycles. The van der Waals surface area contributed by atoms with Crippen LogP contribution >= 0.6 is 0 Å². The average molecular weight is 844 g/mol. The maximum Gasteiger partial charge on any atom is 0.164 e. The number of para-hydroxylation sites is 2. The van der Waals surface area contributed by atoms with Crippen molar-refractivity contribution >= 4 is 21.5 Å². The molecule has 0 saturated heterocycles.